The number of rotatable bonds is 3. The molecular weight excluding hydrogens is 188 g/mol. The fourth-order valence-electron chi connectivity index (χ4n) is 1.17. The summed E-state index contributed by atoms with van der Waals surface area (Å²) in [6, 6.07) is 0.996. The SMILES string of the molecule is CCO[C@@H]1OC(C#N)=CC[C@@H]1N([O-])O. The lowest BCUT2D eigenvalue weighted by Gasteiger charge is -2.37. The van der Waals surface area contributed by atoms with Gasteiger partial charge in [0.15, 0.2) is 5.76 Å². The van der Waals surface area contributed by atoms with Gasteiger partial charge in [-0.25, -0.2) is 0 Å². The van der Waals surface area contributed by atoms with Gasteiger partial charge in [-0.2, -0.15) is 5.26 Å². The van der Waals surface area contributed by atoms with Crippen molar-refractivity contribution < 1.29 is 14.7 Å². The Hall–Kier alpha value is -1.13. The van der Waals surface area contributed by atoms with Crippen LogP contribution < -0.4 is 0 Å². The zero-order chi connectivity index (χ0) is 10.6. The second-order valence-corrected chi connectivity index (χ2v) is 2.73. The lowest BCUT2D eigenvalue weighted by molar-refractivity contribution is -0.206. The molecule has 14 heavy (non-hydrogen) atoms. The first-order valence-corrected chi connectivity index (χ1v) is 4.22. The van der Waals surface area contributed by atoms with Crippen molar-refractivity contribution in [2.75, 3.05) is 6.61 Å². The van der Waals surface area contributed by atoms with Gasteiger partial charge in [0, 0.05) is 6.61 Å². The Morgan fingerprint density at radius 2 is 2.64 bits per heavy atom. The number of nitriles is 1. The molecule has 1 rings (SSSR count). The third-order valence-electron chi connectivity index (χ3n) is 1.83. The van der Waals surface area contributed by atoms with Crippen molar-refractivity contribution in [2.24, 2.45) is 0 Å². The standard InChI is InChI=1S/C8H11N2O4/c1-2-13-8-7(10(11)12)4-3-6(5-9)14-8/h3,7-8,11H,2,4H2,1H3/q-1/t7-,8+/m0/s1. The normalized spacial score (nSPS) is 26.6. The Labute approximate surface area is 81.5 Å². The summed E-state index contributed by atoms with van der Waals surface area (Å²) in [6.07, 6.45) is 0.789. The molecule has 2 atom stereocenters. The number of ether oxygens (including phenoxy) is 2. The van der Waals surface area contributed by atoms with Crippen LogP contribution in [0.3, 0.4) is 0 Å². The van der Waals surface area contributed by atoms with Crippen molar-refractivity contribution in [1.29, 1.82) is 5.26 Å². The summed E-state index contributed by atoms with van der Waals surface area (Å²) in [6.45, 7) is 2.07. The maximum Gasteiger partial charge on any atom is 0.218 e. The molecule has 0 radical (unpaired) electrons. The van der Waals surface area contributed by atoms with Crippen LogP contribution in [0.5, 0.6) is 0 Å². The maximum atomic E-state index is 10.7. The first-order chi connectivity index (χ1) is 6.69. The minimum absolute atomic E-state index is 0.113. The number of nitrogens with zero attached hydrogens (tertiary/aromatic N) is 2. The van der Waals surface area contributed by atoms with Gasteiger partial charge in [0.1, 0.15) is 6.07 Å². The smallest absolute Gasteiger partial charge is 0.218 e. The molecule has 1 heterocycles. The van der Waals surface area contributed by atoms with Gasteiger partial charge in [0.2, 0.25) is 6.29 Å². The molecule has 0 fully saturated rings. The van der Waals surface area contributed by atoms with E-state index in [0.29, 0.717) is 6.61 Å². The highest BCUT2D eigenvalue weighted by Crippen LogP contribution is 2.21. The van der Waals surface area contributed by atoms with Gasteiger partial charge in [-0.05, 0) is 19.4 Å². The number of allylic oxidation sites excluding steroid dienone is 1. The highest BCUT2D eigenvalue weighted by atomic mass is 16.8. The minimum atomic E-state index is -0.887. The fourth-order valence-corrected chi connectivity index (χ4v) is 1.17. The van der Waals surface area contributed by atoms with E-state index in [0.717, 1.165) is 0 Å². The molecule has 0 aliphatic carbocycles. The van der Waals surface area contributed by atoms with E-state index >= 15 is 0 Å². The van der Waals surface area contributed by atoms with Crippen molar-refractivity contribution in [3.63, 3.8) is 0 Å². The van der Waals surface area contributed by atoms with Gasteiger partial charge in [0.05, 0.1) is 6.04 Å². The summed E-state index contributed by atoms with van der Waals surface area (Å²) < 4.78 is 10.1. The Morgan fingerprint density at radius 1 is 1.93 bits per heavy atom. The first kappa shape index (κ1) is 10.9. The Bertz CT molecular complexity index is 259. The van der Waals surface area contributed by atoms with E-state index in [1.54, 1.807) is 6.92 Å². The zero-order valence-corrected chi connectivity index (χ0v) is 7.71. The molecule has 0 unspecified atom stereocenters. The third kappa shape index (κ3) is 2.43. The van der Waals surface area contributed by atoms with Crippen LogP contribution in [0.15, 0.2) is 11.8 Å². The molecule has 0 aromatic rings. The number of hydrogen-bond acceptors (Lipinski definition) is 6. The summed E-state index contributed by atoms with van der Waals surface area (Å²) >= 11 is 0. The first-order valence-electron chi connectivity index (χ1n) is 4.22. The van der Waals surface area contributed by atoms with Crippen LogP contribution >= 0.6 is 0 Å². The third-order valence-corrected chi connectivity index (χ3v) is 1.83. The Morgan fingerprint density at radius 3 is 3.14 bits per heavy atom. The van der Waals surface area contributed by atoms with E-state index in [9.17, 15) is 5.21 Å². The molecule has 6 nitrogen and oxygen atoms in total. The van der Waals surface area contributed by atoms with Crippen LogP contribution in [0.25, 0.3) is 0 Å². The molecule has 1 N–H and O–H groups in total. The van der Waals surface area contributed by atoms with E-state index < -0.39 is 12.3 Å². The van der Waals surface area contributed by atoms with Gasteiger partial charge in [-0.1, -0.05) is 0 Å². The average molecular weight is 199 g/mol. The van der Waals surface area contributed by atoms with Gasteiger partial charge < -0.3 is 19.9 Å². The molecule has 0 aromatic heterocycles. The van der Waals surface area contributed by atoms with E-state index in [4.69, 9.17) is 19.9 Å². The largest absolute Gasteiger partial charge is 0.762 e. The van der Waals surface area contributed by atoms with Crippen molar-refractivity contribution in [2.45, 2.75) is 25.7 Å². The molecule has 78 valence electrons. The quantitative estimate of drug-likeness (QED) is 0.674. The predicted molar refractivity (Wildman–Crippen MR) is 45.6 cm³/mol. The lowest BCUT2D eigenvalue weighted by Crippen LogP contribution is -2.43. The van der Waals surface area contributed by atoms with Crippen LogP contribution in [-0.2, 0) is 9.47 Å². The Kier molecular flexibility index (Phi) is 3.85. The summed E-state index contributed by atoms with van der Waals surface area (Å²) in [4.78, 5) is 0. The number of hydrogen-bond donors (Lipinski definition) is 1. The van der Waals surface area contributed by atoms with Crippen LogP contribution in [0.2, 0.25) is 0 Å². The molecule has 0 saturated heterocycles. The second-order valence-electron chi connectivity index (χ2n) is 2.73. The molecule has 0 bridgehead atoms. The lowest BCUT2D eigenvalue weighted by atomic mass is 10.1. The summed E-state index contributed by atoms with van der Waals surface area (Å²) in [5.41, 5.74) is 0. The molecule has 6 heteroatoms. The average Bonchev–Trinajstić information content (AvgIpc) is 2.17. The maximum absolute atomic E-state index is 10.7. The van der Waals surface area contributed by atoms with Crippen molar-refractivity contribution >= 4 is 0 Å². The van der Waals surface area contributed by atoms with Crippen molar-refractivity contribution in [3.05, 3.63) is 17.0 Å². The molecule has 1 aliphatic rings. The zero-order valence-electron chi connectivity index (χ0n) is 7.71. The predicted octanol–water partition coefficient (Wildman–Crippen LogP) is 0.734. The molecule has 0 saturated carbocycles. The number of hydroxylamine groups is 2. The molecule has 0 amide bonds. The van der Waals surface area contributed by atoms with E-state index in [2.05, 4.69) is 0 Å². The molecule has 0 aromatic carbocycles. The summed E-state index contributed by atoms with van der Waals surface area (Å²) in [7, 11) is 0. The van der Waals surface area contributed by atoms with Crippen LogP contribution in [0.4, 0.5) is 0 Å². The van der Waals surface area contributed by atoms with Gasteiger partial charge in [-0.3, -0.25) is 5.23 Å². The van der Waals surface area contributed by atoms with E-state index in [1.165, 1.54) is 6.08 Å². The second kappa shape index (κ2) is 4.93. The Balaban J connectivity index is 2.68. The van der Waals surface area contributed by atoms with Crippen LogP contribution in [0, 0.1) is 16.5 Å². The molecule has 0 spiro atoms. The topological polar surface area (TPSA) is 88.8 Å². The highest BCUT2D eigenvalue weighted by molar-refractivity contribution is 5.16. The highest BCUT2D eigenvalue weighted by Gasteiger charge is 2.28. The minimum Gasteiger partial charge on any atom is -0.762 e. The van der Waals surface area contributed by atoms with Crippen molar-refractivity contribution in [3.8, 4) is 6.07 Å². The monoisotopic (exact) mass is 199 g/mol. The van der Waals surface area contributed by atoms with E-state index in [1.807, 2.05) is 6.07 Å². The summed E-state index contributed by atoms with van der Waals surface area (Å²) in [5.74, 6) is 0.113. The van der Waals surface area contributed by atoms with Gasteiger partial charge in [-0.15, -0.1) is 0 Å². The molecule has 1 aliphatic heterocycles. The van der Waals surface area contributed by atoms with Crippen molar-refractivity contribution in [1.82, 2.24) is 5.23 Å². The van der Waals surface area contributed by atoms with Gasteiger partial charge in [0.25, 0.3) is 0 Å². The molecular formula is C8H11N2O4-. The fraction of sp³-hybridized carbons (Fsp3) is 0.625. The van der Waals surface area contributed by atoms with Crippen LogP contribution in [0.1, 0.15) is 13.3 Å². The van der Waals surface area contributed by atoms with Gasteiger partial charge >= 0.3 is 0 Å². The van der Waals surface area contributed by atoms with Crippen LogP contribution in [-0.4, -0.2) is 29.4 Å². The summed E-state index contributed by atoms with van der Waals surface area (Å²) in [5, 5.41) is 27.8. The van der Waals surface area contributed by atoms with E-state index in [-0.39, 0.29) is 17.4 Å².